The molecule has 6 heteroatoms. The van der Waals surface area contributed by atoms with Crippen molar-refractivity contribution < 1.29 is 13.9 Å². The highest BCUT2D eigenvalue weighted by atomic mass is 79.9. The molecular weight excluding hydrogens is 294 g/mol. The van der Waals surface area contributed by atoms with Gasteiger partial charge in [0, 0.05) is 5.75 Å². The third kappa shape index (κ3) is 2.61. The van der Waals surface area contributed by atoms with Crippen LogP contribution >= 0.6 is 27.7 Å². The van der Waals surface area contributed by atoms with Crippen molar-refractivity contribution >= 4 is 33.7 Å². The van der Waals surface area contributed by atoms with E-state index in [0.717, 1.165) is 5.76 Å². The van der Waals surface area contributed by atoms with Crippen LogP contribution in [0.3, 0.4) is 0 Å². The summed E-state index contributed by atoms with van der Waals surface area (Å²) in [5.41, 5.74) is 0. The number of esters is 1. The third-order valence-corrected chi connectivity index (χ3v) is 3.86. The van der Waals surface area contributed by atoms with Gasteiger partial charge >= 0.3 is 5.97 Å². The van der Waals surface area contributed by atoms with E-state index in [2.05, 4.69) is 21.2 Å². The zero-order chi connectivity index (χ0) is 11.5. The van der Waals surface area contributed by atoms with E-state index in [0.29, 0.717) is 17.0 Å². The first-order chi connectivity index (χ1) is 7.70. The predicted molar refractivity (Wildman–Crippen MR) is 65.2 cm³/mol. The third-order valence-electron chi connectivity index (χ3n) is 2.21. The highest BCUT2D eigenvalue weighted by Gasteiger charge is 2.32. The van der Waals surface area contributed by atoms with E-state index < -0.39 is 0 Å². The van der Waals surface area contributed by atoms with Crippen LogP contribution in [-0.4, -0.2) is 24.4 Å². The van der Waals surface area contributed by atoms with Crippen molar-refractivity contribution in [2.45, 2.75) is 18.3 Å². The number of carbonyl (C=O) groups excluding carboxylic acids is 1. The lowest BCUT2D eigenvalue weighted by Gasteiger charge is -2.10. The summed E-state index contributed by atoms with van der Waals surface area (Å²) in [5.74, 6) is 1.34. The second kappa shape index (κ2) is 5.25. The quantitative estimate of drug-likeness (QED) is 0.869. The SMILES string of the molecule is CCOC(=O)[C@H]1CS[C@@H](c2ccc(Br)o2)N1. The van der Waals surface area contributed by atoms with E-state index in [-0.39, 0.29) is 17.4 Å². The van der Waals surface area contributed by atoms with Crippen LogP contribution in [-0.2, 0) is 9.53 Å². The first-order valence-corrected chi connectivity index (χ1v) is 6.84. The summed E-state index contributed by atoms with van der Waals surface area (Å²) in [6.45, 7) is 2.22. The molecule has 0 unspecified atom stereocenters. The van der Waals surface area contributed by atoms with E-state index in [1.807, 2.05) is 12.1 Å². The van der Waals surface area contributed by atoms with Gasteiger partial charge in [-0.3, -0.25) is 10.1 Å². The van der Waals surface area contributed by atoms with Crippen LogP contribution in [0.1, 0.15) is 18.1 Å². The van der Waals surface area contributed by atoms with Gasteiger partial charge in [0.2, 0.25) is 0 Å². The Bertz CT molecular complexity index is 382. The van der Waals surface area contributed by atoms with Crippen LogP contribution < -0.4 is 5.32 Å². The molecule has 1 aromatic heterocycles. The molecular formula is C10H12BrNO3S. The largest absolute Gasteiger partial charge is 0.465 e. The lowest BCUT2D eigenvalue weighted by molar-refractivity contribution is -0.144. The predicted octanol–water partition coefficient (Wildman–Crippen LogP) is 2.31. The number of rotatable bonds is 3. The van der Waals surface area contributed by atoms with Crippen LogP contribution in [0, 0.1) is 0 Å². The molecule has 0 amide bonds. The summed E-state index contributed by atoms with van der Waals surface area (Å²) < 4.78 is 11.1. The van der Waals surface area contributed by atoms with Gasteiger partial charge < -0.3 is 9.15 Å². The summed E-state index contributed by atoms with van der Waals surface area (Å²) in [6, 6.07) is 3.50. The molecule has 2 rings (SSSR count). The van der Waals surface area contributed by atoms with E-state index in [1.165, 1.54) is 0 Å². The molecule has 1 aromatic rings. The van der Waals surface area contributed by atoms with Gasteiger partial charge in [-0.15, -0.1) is 11.8 Å². The second-order valence-electron chi connectivity index (χ2n) is 3.33. The molecule has 1 aliphatic rings. The van der Waals surface area contributed by atoms with Crippen LogP contribution in [0.2, 0.25) is 0 Å². The number of thioether (sulfide) groups is 1. The number of hydrogen-bond donors (Lipinski definition) is 1. The molecule has 0 bridgehead atoms. The van der Waals surface area contributed by atoms with Crippen molar-refractivity contribution in [2.24, 2.45) is 0 Å². The molecule has 0 radical (unpaired) electrons. The average molecular weight is 306 g/mol. The fourth-order valence-corrected chi connectivity index (χ4v) is 2.97. The lowest BCUT2D eigenvalue weighted by Crippen LogP contribution is -2.35. The number of ether oxygens (including phenoxy) is 1. The number of furan rings is 1. The summed E-state index contributed by atoms with van der Waals surface area (Å²) in [5, 5.41) is 3.21. The van der Waals surface area contributed by atoms with Gasteiger partial charge in [0.1, 0.15) is 17.2 Å². The number of carbonyl (C=O) groups is 1. The van der Waals surface area contributed by atoms with Crippen molar-refractivity contribution in [3.63, 3.8) is 0 Å². The van der Waals surface area contributed by atoms with E-state index in [1.54, 1.807) is 18.7 Å². The van der Waals surface area contributed by atoms with Gasteiger partial charge in [0.15, 0.2) is 4.67 Å². The average Bonchev–Trinajstić information content (AvgIpc) is 2.85. The maximum absolute atomic E-state index is 11.5. The monoisotopic (exact) mass is 305 g/mol. The standard InChI is InChI=1S/C10H12BrNO3S/c1-2-14-10(13)6-5-16-9(12-6)7-3-4-8(11)15-7/h3-4,6,9,12H,2,5H2,1H3/t6-,9+/m1/s1. The van der Waals surface area contributed by atoms with E-state index in [9.17, 15) is 4.79 Å². The molecule has 2 atom stereocenters. The first kappa shape index (κ1) is 12.0. The summed E-state index contributed by atoms with van der Waals surface area (Å²) in [7, 11) is 0. The van der Waals surface area contributed by atoms with Crippen LogP contribution in [0.25, 0.3) is 0 Å². The Hall–Kier alpha value is -0.460. The van der Waals surface area contributed by atoms with Crippen LogP contribution in [0.5, 0.6) is 0 Å². The van der Waals surface area contributed by atoms with Crippen molar-refractivity contribution in [1.82, 2.24) is 5.32 Å². The van der Waals surface area contributed by atoms with Gasteiger partial charge in [-0.2, -0.15) is 0 Å². The smallest absolute Gasteiger partial charge is 0.324 e. The van der Waals surface area contributed by atoms with Gasteiger partial charge in [-0.05, 0) is 35.0 Å². The molecule has 4 nitrogen and oxygen atoms in total. The summed E-state index contributed by atoms with van der Waals surface area (Å²) in [6.07, 6.45) is 0. The van der Waals surface area contributed by atoms with Crippen molar-refractivity contribution in [2.75, 3.05) is 12.4 Å². The number of nitrogens with one attached hydrogen (secondary N) is 1. The van der Waals surface area contributed by atoms with Crippen molar-refractivity contribution in [3.8, 4) is 0 Å². The van der Waals surface area contributed by atoms with E-state index >= 15 is 0 Å². The molecule has 1 aliphatic heterocycles. The molecule has 0 aliphatic carbocycles. The molecule has 1 N–H and O–H groups in total. The molecule has 1 fully saturated rings. The molecule has 16 heavy (non-hydrogen) atoms. The first-order valence-electron chi connectivity index (χ1n) is 5.00. The highest BCUT2D eigenvalue weighted by molar-refractivity contribution is 9.10. The van der Waals surface area contributed by atoms with E-state index in [4.69, 9.17) is 9.15 Å². The Balaban J connectivity index is 1.95. The van der Waals surface area contributed by atoms with Gasteiger partial charge in [0.05, 0.1) is 6.61 Å². The Morgan fingerprint density at radius 1 is 1.75 bits per heavy atom. The van der Waals surface area contributed by atoms with Crippen LogP contribution in [0.4, 0.5) is 0 Å². The second-order valence-corrected chi connectivity index (χ2v) is 5.25. The maximum Gasteiger partial charge on any atom is 0.324 e. The van der Waals surface area contributed by atoms with Gasteiger partial charge in [-0.1, -0.05) is 0 Å². The van der Waals surface area contributed by atoms with Crippen molar-refractivity contribution in [1.29, 1.82) is 0 Å². The van der Waals surface area contributed by atoms with Gasteiger partial charge in [-0.25, -0.2) is 0 Å². The minimum absolute atomic E-state index is 0.0284. The minimum Gasteiger partial charge on any atom is -0.465 e. The molecule has 1 saturated heterocycles. The Morgan fingerprint density at radius 3 is 3.19 bits per heavy atom. The lowest BCUT2D eigenvalue weighted by atomic mass is 10.3. The molecule has 0 aromatic carbocycles. The zero-order valence-corrected chi connectivity index (χ0v) is 11.1. The fourth-order valence-electron chi connectivity index (χ4n) is 1.48. The topological polar surface area (TPSA) is 51.5 Å². The normalized spacial score (nSPS) is 24.6. The van der Waals surface area contributed by atoms with Crippen LogP contribution in [0.15, 0.2) is 21.2 Å². The number of hydrogen-bond acceptors (Lipinski definition) is 5. The maximum atomic E-state index is 11.5. The molecule has 88 valence electrons. The zero-order valence-electron chi connectivity index (χ0n) is 8.73. The Kier molecular flexibility index (Phi) is 3.94. The van der Waals surface area contributed by atoms with Crippen molar-refractivity contribution in [3.05, 3.63) is 22.6 Å². The summed E-state index contributed by atoms with van der Waals surface area (Å²) in [4.78, 5) is 11.5. The molecule has 0 saturated carbocycles. The summed E-state index contributed by atoms with van der Waals surface area (Å²) >= 11 is 4.90. The number of halogens is 1. The van der Waals surface area contributed by atoms with Gasteiger partial charge in [0.25, 0.3) is 0 Å². The Morgan fingerprint density at radius 2 is 2.56 bits per heavy atom. The Labute approximate surface area is 106 Å². The minimum atomic E-state index is -0.237. The fraction of sp³-hybridized carbons (Fsp3) is 0.500. The molecule has 0 spiro atoms. The highest BCUT2D eigenvalue weighted by Crippen LogP contribution is 2.34. The molecule has 2 heterocycles.